The van der Waals surface area contributed by atoms with Crippen LogP contribution in [0.4, 0.5) is 0 Å². The molecule has 0 aliphatic heterocycles. The summed E-state index contributed by atoms with van der Waals surface area (Å²) in [7, 11) is 1.64. The van der Waals surface area contributed by atoms with Crippen molar-refractivity contribution in [1.29, 1.82) is 0 Å². The zero-order chi connectivity index (χ0) is 22.7. The first kappa shape index (κ1) is 21.7. The van der Waals surface area contributed by atoms with Gasteiger partial charge in [0.05, 0.1) is 24.4 Å². The third-order valence-corrected chi connectivity index (χ3v) is 5.86. The smallest absolute Gasteiger partial charge is 0.253 e. The lowest BCUT2D eigenvalue weighted by Crippen LogP contribution is -2.27. The molecule has 1 aromatic heterocycles. The molecule has 0 fully saturated rings. The normalized spacial score (nSPS) is 11.8. The van der Waals surface area contributed by atoms with Gasteiger partial charge < -0.3 is 14.6 Å². The zero-order valence-corrected chi connectivity index (χ0v) is 19.1. The Kier molecular flexibility index (Phi) is 6.33. The minimum absolute atomic E-state index is 0.105. The van der Waals surface area contributed by atoms with Crippen molar-refractivity contribution < 1.29 is 9.53 Å². The van der Waals surface area contributed by atoms with Crippen LogP contribution in [0.15, 0.2) is 84.9 Å². The fourth-order valence-electron chi connectivity index (χ4n) is 3.83. The first-order valence-corrected chi connectivity index (χ1v) is 10.8. The van der Waals surface area contributed by atoms with E-state index in [0.29, 0.717) is 10.6 Å². The van der Waals surface area contributed by atoms with Gasteiger partial charge in [-0.05, 0) is 67.4 Å². The Balaban J connectivity index is 1.76. The second-order valence-corrected chi connectivity index (χ2v) is 8.11. The summed E-state index contributed by atoms with van der Waals surface area (Å²) >= 11 is 6.11. The van der Waals surface area contributed by atoms with Crippen LogP contribution in [-0.2, 0) is 0 Å². The van der Waals surface area contributed by atoms with Gasteiger partial charge in [-0.3, -0.25) is 4.79 Å². The van der Waals surface area contributed by atoms with Gasteiger partial charge in [0.2, 0.25) is 0 Å². The summed E-state index contributed by atoms with van der Waals surface area (Å²) in [6.45, 7) is 3.95. The zero-order valence-electron chi connectivity index (χ0n) is 18.3. The minimum atomic E-state index is -0.110. The van der Waals surface area contributed by atoms with E-state index in [4.69, 9.17) is 16.3 Å². The number of nitrogens with zero attached hydrogens (tertiary/aromatic N) is 1. The van der Waals surface area contributed by atoms with Gasteiger partial charge in [-0.25, -0.2) is 0 Å². The lowest BCUT2D eigenvalue weighted by molar-refractivity contribution is 0.0939. The standard InChI is InChI=1S/C27H25ClN2O2/c1-18(20-7-5-4-6-8-20)29-27(31)25-17-26(21-9-11-22(28)12-10-21)30(19(25)2)23-13-15-24(32-3)16-14-23/h4-18H,1-3H3,(H,29,31). The molecule has 3 aromatic carbocycles. The maximum Gasteiger partial charge on any atom is 0.253 e. The third-order valence-electron chi connectivity index (χ3n) is 5.61. The molecule has 5 heteroatoms. The van der Waals surface area contributed by atoms with E-state index >= 15 is 0 Å². The van der Waals surface area contributed by atoms with E-state index < -0.39 is 0 Å². The van der Waals surface area contributed by atoms with Crippen molar-refractivity contribution in [3.05, 3.63) is 107 Å². The highest BCUT2D eigenvalue weighted by molar-refractivity contribution is 6.30. The van der Waals surface area contributed by atoms with Crippen molar-refractivity contribution in [2.45, 2.75) is 19.9 Å². The van der Waals surface area contributed by atoms with Crippen LogP contribution in [0.5, 0.6) is 5.75 Å². The summed E-state index contributed by atoms with van der Waals surface area (Å²) < 4.78 is 7.39. The first-order chi connectivity index (χ1) is 15.5. The molecule has 0 aliphatic carbocycles. The highest BCUT2D eigenvalue weighted by Gasteiger charge is 2.21. The topological polar surface area (TPSA) is 43.3 Å². The van der Waals surface area contributed by atoms with Gasteiger partial charge in [-0.15, -0.1) is 0 Å². The van der Waals surface area contributed by atoms with Crippen LogP contribution in [0.1, 0.15) is 34.6 Å². The Morgan fingerprint density at radius 2 is 1.62 bits per heavy atom. The van der Waals surface area contributed by atoms with Crippen LogP contribution in [0.25, 0.3) is 16.9 Å². The maximum absolute atomic E-state index is 13.3. The van der Waals surface area contributed by atoms with Gasteiger partial charge in [-0.2, -0.15) is 0 Å². The number of carbonyl (C=O) groups excluding carboxylic acids is 1. The number of aromatic nitrogens is 1. The minimum Gasteiger partial charge on any atom is -0.497 e. The number of amides is 1. The Morgan fingerprint density at radius 1 is 0.969 bits per heavy atom. The Hall–Kier alpha value is -3.50. The lowest BCUT2D eigenvalue weighted by Gasteiger charge is -2.15. The van der Waals surface area contributed by atoms with Crippen LogP contribution in [0.2, 0.25) is 5.02 Å². The second kappa shape index (κ2) is 9.33. The highest BCUT2D eigenvalue weighted by Crippen LogP contribution is 2.31. The van der Waals surface area contributed by atoms with Crippen molar-refractivity contribution >= 4 is 17.5 Å². The van der Waals surface area contributed by atoms with Gasteiger partial charge in [0, 0.05) is 16.4 Å². The first-order valence-electron chi connectivity index (χ1n) is 10.5. The molecule has 32 heavy (non-hydrogen) atoms. The molecule has 1 N–H and O–H groups in total. The van der Waals surface area contributed by atoms with Crippen molar-refractivity contribution in [1.82, 2.24) is 9.88 Å². The molecular formula is C27H25ClN2O2. The number of ether oxygens (including phenoxy) is 1. The number of benzene rings is 3. The molecule has 4 rings (SSSR count). The third kappa shape index (κ3) is 4.41. The fraction of sp³-hybridized carbons (Fsp3) is 0.148. The molecular weight excluding hydrogens is 420 g/mol. The maximum atomic E-state index is 13.3. The number of hydrogen-bond donors (Lipinski definition) is 1. The molecule has 0 spiro atoms. The monoisotopic (exact) mass is 444 g/mol. The molecule has 1 amide bonds. The predicted molar refractivity (Wildman–Crippen MR) is 130 cm³/mol. The summed E-state index contributed by atoms with van der Waals surface area (Å²) in [6.07, 6.45) is 0. The molecule has 0 bridgehead atoms. The van der Waals surface area contributed by atoms with Gasteiger partial charge in [-0.1, -0.05) is 54.1 Å². The quantitative estimate of drug-likeness (QED) is 0.363. The summed E-state index contributed by atoms with van der Waals surface area (Å²) in [5.41, 5.74) is 5.39. The molecule has 1 atom stereocenters. The SMILES string of the molecule is COc1ccc(-n2c(-c3ccc(Cl)cc3)cc(C(=O)NC(C)c3ccccc3)c2C)cc1. The highest BCUT2D eigenvalue weighted by atomic mass is 35.5. The van der Waals surface area contributed by atoms with Crippen molar-refractivity contribution in [2.24, 2.45) is 0 Å². The van der Waals surface area contributed by atoms with Gasteiger partial charge >= 0.3 is 0 Å². The number of halogens is 1. The summed E-state index contributed by atoms with van der Waals surface area (Å²) in [6, 6.07) is 27.2. The average Bonchev–Trinajstić information content (AvgIpc) is 3.17. The number of methoxy groups -OCH3 is 1. The number of rotatable bonds is 6. The van der Waals surface area contributed by atoms with Gasteiger partial charge in [0.1, 0.15) is 5.75 Å². The molecule has 0 saturated heterocycles. The largest absolute Gasteiger partial charge is 0.497 e. The summed E-state index contributed by atoms with van der Waals surface area (Å²) in [5.74, 6) is 0.669. The van der Waals surface area contributed by atoms with Crippen molar-refractivity contribution in [2.75, 3.05) is 7.11 Å². The van der Waals surface area contributed by atoms with E-state index in [2.05, 4.69) is 9.88 Å². The molecule has 0 aliphatic rings. The van der Waals surface area contributed by atoms with Crippen molar-refractivity contribution in [3.8, 4) is 22.7 Å². The molecule has 4 nitrogen and oxygen atoms in total. The second-order valence-electron chi connectivity index (χ2n) is 7.67. The molecule has 1 unspecified atom stereocenters. The summed E-state index contributed by atoms with van der Waals surface area (Å²) in [4.78, 5) is 13.3. The Morgan fingerprint density at radius 3 is 2.25 bits per heavy atom. The van der Waals surface area contributed by atoms with Crippen LogP contribution < -0.4 is 10.1 Å². The van der Waals surface area contributed by atoms with Crippen LogP contribution in [-0.4, -0.2) is 17.6 Å². The number of hydrogen-bond acceptors (Lipinski definition) is 2. The fourth-order valence-corrected chi connectivity index (χ4v) is 3.96. The van der Waals surface area contributed by atoms with Gasteiger partial charge in [0.25, 0.3) is 5.91 Å². The predicted octanol–water partition coefficient (Wildman–Crippen LogP) is 6.61. The molecule has 0 radical (unpaired) electrons. The van der Waals surface area contributed by atoms with E-state index in [1.54, 1.807) is 7.11 Å². The van der Waals surface area contributed by atoms with Crippen LogP contribution in [0, 0.1) is 6.92 Å². The Labute approximate surface area is 193 Å². The summed E-state index contributed by atoms with van der Waals surface area (Å²) in [5, 5.41) is 3.80. The van der Waals surface area contributed by atoms with Crippen LogP contribution >= 0.6 is 11.6 Å². The number of carbonyl (C=O) groups is 1. The van der Waals surface area contributed by atoms with Crippen LogP contribution in [0.3, 0.4) is 0 Å². The number of nitrogens with one attached hydrogen (secondary N) is 1. The van der Waals surface area contributed by atoms with Crippen molar-refractivity contribution in [3.63, 3.8) is 0 Å². The molecule has 1 heterocycles. The Bertz CT molecular complexity index is 1210. The molecule has 4 aromatic rings. The van der Waals surface area contributed by atoms with Gasteiger partial charge in [0.15, 0.2) is 0 Å². The van der Waals surface area contributed by atoms with E-state index in [0.717, 1.165) is 34.0 Å². The molecule has 0 saturated carbocycles. The lowest BCUT2D eigenvalue weighted by atomic mass is 10.1. The molecule has 162 valence electrons. The van der Waals surface area contributed by atoms with E-state index in [-0.39, 0.29) is 11.9 Å². The van der Waals surface area contributed by atoms with E-state index in [1.807, 2.05) is 98.8 Å². The van der Waals surface area contributed by atoms with E-state index in [1.165, 1.54) is 0 Å². The average molecular weight is 445 g/mol. The van der Waals surface area contributed by atoms with E-state index in [9.17, 15) is 4.79 Å².